The Morgan fingerprint density at radius 1 is 0.750 bits per heavy atom. The molecule has 2 aromatic rings. The lowest BCUT2D eigenvalue weighted by Crippen LogP contribution is -2.50. The lowest BCUT2D eigenvalue weighted by Gasteiger charge is -2.34. The maximum atomic E-state index is 15.2. The van der Waals surface area contributed by atoms with E-state index in [2.05, 4.69) is 9.44 Å². The van der Waals surface area contributed by atoms with Gasteiger partial charge in [0, 0.05) is 11.1 Å². The number of phenols is 1. The van der Waals surface area contributed by atoms with Crippen LogP contribution in [0.2, 0.25) is 0 Å². The van der Waals surface area contributed by atoms with Crippen molar-refractivity contribution in [2.45, 2.75) is 145 Å². The smallest absolute Gasteiger partial charge is 0.446 e. The fourth-order valence-electron chi connectivity index (χ4n) is 7.99. The summed E-state index contributed by atoms with van der Waals surface area (Å²) in [6.45, 7) is -3.26. The quantitative estimate of drug-likeness (QED) is 0.120. The van der Waals surface area contributed by atoms with Crippen LogP contribution in [0.4, 0.5) is 30.7 Å². The first kappa shape index (κ1) is 40.3. The van der Waals surface area contributed by atoms with Gasteiger partial charge in [-0.05, 0) is 78.5 Å². The maximum absolute atomic E-state index is 15.2. The molecule has 0 atom stereocenters. The zero-order valence-electron chi connectivity index (χ0n) is 28.9. The first-order chi connectivity index (χ1) is 24.6. The van der Waals surface area contributed by atoms with Gasteiger partial charge in [-0.15, -0.1) is 0 Å². The third-order valence-electron chi connectivity index (χ3n) is 10.8. The second-order valence-electron chi connectivity index (χ2n) is 14.3. The van der Waals surface area contributed by atoms with Crippen molar-refractivity contribution in [3.63, 3.8) is 0 Å². The fourth-order valence-corrected chi connectivity index (χ4v) is 8.68. The van der Waals surface area contributed by atoms with Crippen molar-refractivity contribution in [2.75, 3.05) is 6.61 Å². The first-order valence-electron chi connectivity index (χ1n) is 18.1. The molecule has 290 valence electrons. The van der Waals surface area contributed by atoms with Crippen molar-refractivity contribution >= 4 is 15.8 Å². The lowest BCUT2D eigenvalue weighted by atomic mass is 9.73. The van der Waals surface area contributed by atoms with E-state index in [9.17, 15) is 26.7 Å². The van der Waals surface area contributed by atoms with Gasteiger partial charge in [0.2, 0.25) is 0 Å². The van der Waals surface area contributed by atoms with Gasteiger partial charge >= 0.3 is 27.5 Å². The van der Waals surface area contributed by atoms with Crippen molar-refractivity contribution in [3.8, 4) is 5.75 Å². The molecular formula is C37H46F7NO6S. The van der Waals surface area contributed by atoms with Crippen LogP contribution in [0.3, 0.4) is 0 Å². The Labute approximate surface area is 299 Å². The molecule has 15 heteroatoms. The molecule has 0 bridgehead atoms. The number of hydrogen-bond donors (Lipinski definition) is 2. The molecule has 3 saturated carbocycles. The summed E-state index contributed by atoms with van der Waals surface area (Å²) in [5.74, 6) is -5.30. The highest BCUT2D eigenvalue weighted by molar-refractivity contribution is 7.87. The molecule has 0 spiro atoms. The van der Waals surface area contributed by atoms with Crippen LogP contribution in [0.1, 0.15) is 147 Å². The average Bonchev–Trinajstić information content (AvgIpc) is 3.12. The highest BCUT2D eigenvalue weighted by atomic mass is 32.2. The van der Waals surface area contributed by atoms with Crippen LogP contribution >= 0.6 is 0 Å². The Bertz CT molecular complexity index is 1650. The van der Waals surface area contributed by atoms with Crippen molar-refractivity contribution < 1.29 is 58.4 Å². The van der Waals surface area contributed by atoms with E-state index < -0.39 is 58.6 Å². The molecule has 0 heterocycles. The molecule has 5 rings (SSSR count). The average molecular weight is 766 g/mol. The number of phenolic OH excluding ortho intramolecular Hbond substituents is 1. The molecule has 7 nitrogen and oxygen atoms in total. The number of rotatable bonds is 13. The zero-order chi connectivity index (χ0) is 37.7. The summed E-state index contributed by atoms with van der Waals surface area (Å²) in [4.78, 5) is 0. The Morgan fingerprint density at radius 2 is 1.25 bits per heavy atom. The number of oxime groups is 1. The van der Waals surface area contributed by atoms with Gasteiger partial charge in [0.25, 0.3) is 0 Å². The molecule has 3 fully saturated rings. The van der Waals surface area contributed by atoms with Crippen LogP contribution in [-0.2, 0) is 32.4 Å². The highest BCUT2D eigenvalue weighted by Gasteiger charge is 2.68. The van der Waals surface area contributed by atoms with Crippen molar-refractivity contribution in [3.05, 3.63) is 63.7 Å². The minimum Gasteiger partial charge on any atom is -0.507 e. The summed E-state index contributed by atoms with van der Waals surface area (Å²) in [7, 11) is -6.79. The summed E-state index contributed by atoms with van der Waals surface area (Å²) in [6, 6.07) is 5.57. The second-order valence-corrected chi connectivity index (χ2v) is 15.9. The molecule has 0 unspecified atom stereocenters. The minimum atomic E-state index is -6.79. The lowest BCUT2D eigenvalue weighted by molar-refractivity contribution is -0.194. The summed E-state index contributed by atoms with van der Waals surface area (Å²) in [5.41, 5.74) is 0.00303. The van der Waals surface area contributed by atoms with Gasteiger partial charge in [-0.25, -0.2) is 0 Å². The number of nitrogens with zero attached hydrogens (tertiary/aromatic N) is 1. The topological polar surface area (TPSA) is 105 Å². The SMILES string of the molecule is O=S(=O)(O/N=C(/c1ccc(CO)cc1)C(F)(F)F)C(F)(F)C(F)(F)COCc1c(C2CCCCC2)cc(C2CCCCC2)c(O)c1C1CCCCC1. The van der Waals surface area contributed by atoms with E-state index in [1.165, 1.54) is 0 Å². The first-order valence-corrected chi connectivity index (χ1v) is 19.5. The van der Waals surface area contributed by atoms with E-state index in [0.29, 0.717) is 11.1 Å². The Kier molecular flexibility index (Phi) is 12.9. The fraction of sp³-hybridized carbons (Fsp3) is 0.649. The van der Waals surface area contributed by atoms with E-state index in [0.717, 1.165) is 132 Å². The predicted molar refractivity (Wildman–Crippen MR) is 180 cm³/mol. The Morgan fingerprint density at radius 3 is 1.75 bits per heavy atom. The molecule has 2 N–H and O–H groups in total. The van der Waals surface area contributed by atoms with Gasteiger partial charge in [0.05, 0.1) is 13.2 Å². The molecule has 2 aromatic carbocycles. The van der Waals surface area contributed by atoms with Crippen LogP contribution in [0.5, 0.6) is 5.75 Å². The third kappa shape index (κ3) is 8.89. The van der Waals surface area contributed by atoms with Crippen molar-refractivity contribution in [2.24, 2.45) is 5.16 Å². The van der Waals surface area contributed by atoms with Gasteiger partial charge in [0.1, 0.15) is 12.4 Å². The zero-order valence-corrected chi connectivity index (χ0v) is 29.7. The van der Waals surface area contributed by atoms with E-state index >= 15 is 17.6 Å². The third-order valence-corrected chi connectivity index (χ3v) is 12.0. The molecule has 0 aromatic heterocycles. The number of aromatic hydroxyl groups is 1. The normalized spacial score (nSPS) is 19.6. The summed E-state index contributed by atoms with van der Waals surface area (Å²) in [6.07, 6.45) is 8.35. The molecular weight excluding hydrogens is 719 g/mol. The Balaban J connectivity index is 1.43. The Hall–Kier alpha value is -2.91. The number of aliphatic hydroxyl groups excluding tert-OH is 1. The summed E-state index contributed by atoms with van der Waals surface area (Å²) >= 11 is 0. The van der Waals surface area contributed by atoms with Gasteiger partial charge in [-0.1, -0.05) is 93.3 Å². The van der Waals surface area contributed by atoms with E-state index in [1.54, 1.807) is 0 Å². The van der Waals surface area contributed by atoms with Crippen molar-refractivity contribution in [1.82, 2.24) is 0 Å². The van der Waals surface area contributed by atoms with Gasteiger partial charge in [-0.3, -0.25) is 4.28 Å². The number of halogens is 7. The van der Waals surface area contributed by atoms with E-state index in [1.807, 2.05) is 6.07 Å². The molecule has 3 aliphatic carbocycles. The van der Waals surface area contributed by atoms with Gasteiger partial charge < -0.3 is 14.9 Å². The largest absolute Gasteiger partial charge is 0.507 e. The molecule has 0 saturated heterocycles. The van der Waals surface area contributed by atoms with Gasteiger partial charge in [0.15, 0.2) is 5.71 Å². The monoisotopic (exact) mass is 765 g/mol. The van der Waals surface area contributed by atoms with Gasteiger partial charge in [-0.2, -0.15) is 39.2 Å². The standard InChI is InChI=1S/C37H46F7NO6S/c38-35(39,37(43,44)52(48,49)51-45-34(36(40,41)42)28-18-16-24(21-46)17-19-28)23-50-22-31-29(25-10-4-1-5-11-25)20-30(26-12-6-2-7-13-26)33(47)32(31)27-14-8-3-9-15-27/h16-20,25-27,46-47H,1-15,21-23H2/b45-34-. The van der Waals surface area contributed by atoms with E-state index in [4.69, 9.17) is 9.84 Å². The molecule has 0 amide bonds. The number of aliphatic hydroxyl groups is 1. The second kappa shape index (κ2) is 16.6. The van der Waals surface area contributed by atoms with Crippen LogP contribution in [0.25, 0.3) is 0 Å². The molecule has 0 radical (unpaired) electrons. The number of alkyl halides is 7. The number of hydrogen-bond acceptors (Lipinski definition) is 7. The van der Waals surface area contributed by atoms with Crippen molar-refractivity contribution in [1.29, 1.82) is 0 Å². The summed E-state index contributed by atoms with van der Waals surface area (Å²) < 4.78 is 135. The highest BCUT2D eigenvalue weighted by Crippen LogP contribution is 2.50. The maximum Gasteiger partial charge on any atom is 0.446 e. The van der Waals surface area contributed by atoms with E-state index in [-0.39, 0.29) is 29.1 Å². The van der Waals surface area contributed by atoms with Crippen LogP contribution < -0.4 is 0 Å². The minimum absolute atomic E-state index is 0.0360. The van der Waals surface area contributed by atoms with Crippen LogP contribution in [0, 0.1) is 0 Å². The van der Waals surface area contributed by atoms with Crippen LogP contribution in [0.15, 0.2) is 35.5 Å². The molecule has 52 heavy (non-hydrogen) atoms. The van der Waals surface area contributed by atoms with Crippen LogP contribution in [-0.4, -0.2) is 48.3 Å². The predicted octanol–water partition coefficient (Wildman–Crippen LogP) is 10.1. The number of ether oxygens (including phenoxy) is 1. The number of benzene rings is 2. The summed E-state index contributed by atoms with van der Waals surface area (Å²) in [5, 5.41) is 17.2. The molecule has 0 aliphatic heterocycles. The molecule has 3 aliphatic rings.